The van der Waals surface area contributed by atoms with E-state index in [9.17, 15) is 13.2 Å². The molecule has 0 aliphatic carbocycles. The molecule has 0 spiro atoms. The Labute approximate surface area is 180 Å². The van der Waals surface area contributed by atoms with Gasteiger partial charge < -0.3 is 9.80 Å². The van der Waals surface area contributed by atoms with E-state index in [1.807, 2.05) is 44.4 Å². The smallest absolute Gasteiger partial charge is 0.275 e. The Morgan fingerprint density at radius 3 is 2.48 bits per heavy atom. The van der Waals surface area contributed by atoms with Gasteiger partial charge in [0, 0.05) is 23.2 Å². The molecule has 0 saturated carbocycles. The predicted octanol–water partition coefficient (Wildman–Crippen LogP) is 3.42. The van der Waals surface area contributed by atoms with E-state index < -0.39 is 10.0 Å². The van der Waals surface area contributed by atoms with Gasteiger partial charge in [0.15, 0.2) is 0 Å². The molecule has 1 aliphatic rings. The molecule has 0 bridgehead atoms. The molecule has 3 rings (SSSR count). The maximum absolute atomic E-state index is 12.7. The summed E-state index contributed by atoms with van der Waals surface area (Å²) < 4.78 is 27.8. The Balaban J connectivity index is 1.61. The summed E-state index contributed by atoms with van der Waals surface area (Å²) in [5.41, 5.74) is 1.98. The van der Waals surface area contributed by atoms with E-state index in [0.29, 0.717) is 17.3 Å². The maximum Gasteiger partial charge on any atom is 0.275 e. The van der Waals surface area contributed by atoms with Gasteiger partial charge in [-0.1, -0.05) is 23.7 Å². The zero-order chi connectivity index (χ0) is 21.2. The maximum atomic E-state index is 12.7. The molecule has 1 aromatic carbocycles. The molecule has 0 saturated heterocycles. The minimum Gasteiger partial charge on any atom is -0.303 e. The molecule has 1 aromatic heterocycles. The first kappa shape index (κ1) is 21.8. The van der Waals surface area contributed by atoms with Crippen LogP contribution in [0.25, 0.3) is 0 Å². The van der Waals surface area contributed by atoms with E-state index in [4.69, 9.17) is 11.6 Å². The van der Waals surface area contributed by atoms with Gasteiger partial charge in [0.1, 0.15) is 5.70 Å². The van der Waals surface area contributed by atoms with Crippen molar-refractivity contribution >= 4 is 44.6 Å². The Hall–Kier alpha value is -1.87. The third-order valence-corrected chi connectivity index (χ3v) is 7.49. The molecule has 29 heavy (non-hydrogen) atoms. The molecular weight excluding hydrogens is 430 g/mol. The average Bonchev–Trinajstić information content (AvgIpc) is 3.25. The lowest BCUT2D eigenvalue weighted by molar-refractivity contribution is -0.114. The number of aryl methyl sites for hydroxylation is 1. The zero-order valence-corrected chi connectivity index (χ0v) is 18.9. The van der Waals surface area contributed by atoms with Gasteiger partial charge in [-0.3, -0.25) is 9.52 Å². The van der Waals surface area contributed by atoms with Crippen molar-refractivity contribution in [3.05, 3.63) is 62.9 Å². The summed E-state index contributed by atoms with van der Waals surface area (Å²) in [5, 5.41) is 0. The fraction of sp³-hybridized carbons (Fsp3) is 0.350. The van der Waals surface area contributed by atoms with Crippen LogP contribution in [0.1, 0.15) is 23.4 Å². The number of halogens is 1. The Morgan fingerprint density at radius 1 is 1.21 bits per heavy atom. The summed E-state index contributed by atoms with van der Waals surface area (Å²) in [6, 6.07) is 11.6. The molecule has 0 fully saturated rings. The van der Waals surface area contributed by atoms with Crippen LogP contribution in [0, 0.1) is 0 Å². The average molecular weight is 454 g/mol. The quantitative estimate of drug-likeness (QED) is 0.664. The highest BCUT2D eigenvalue weighted by atomic mass is 35.5. The molecule has 1 atom stereocenters. The molecule has 156 valence electrons. The van der Waals surface area contributed by atoms with Crippen molar-refractivity contribution in [2.24, 2.45) is 0 Å². The van der Waals surface area contributed by atoms with Crippen molar-refractivity contribution in [3.63, 3.8) is 0 Å². The van der Waals surface area contributed by atoms with Gasteiger partial charge in [-0.15, -0.1) is 11.3 Å². The summed E-state index contributed by atoms with van der Waals surface area (Å²) in [6.07, 6.45) is 1.96. The number of hydrogen-bond acceptors (Lipinski definition) is 5. The fourth-order valence-corrected chi connectivity index (χ4v) is 5.29. The molecule has 1 N–H and O–H groups in total. The third-order valence-electron chi connectivity index (χ3n) is 4.93. The molecule has 0 unspecified atom stereocenters. The number of nitrogens with one attached hydrogen (secondary N) is 1. The van der Waals surface area contributed by atoms with Gasteiger partial charge in [-0.05, 0) is 63.3 Å². The van der Waals surface area contributed by atoms with Crippen LogP contribution < -0.4 is 9.62 Å². The van der Waals surface area contributed by atoms with Gasteiger partial charge in [0.2, 0.25) is 10.0 Å². The van der Waals surface area contributed by atoms with Gasteiger partial charge in [0.25, 0.3) is 5.91 Å². The molecule has 2 aromatic rings. The number of nitrogens with zero attached hydrogens (tertiary/aromatic N) is 2. The van der Waals surface area contributed by atoms with Gasteiger partial charge in [0.05, 0.1) is 10.1 Å². The lowest BCUT2D eigenvalue weighted by Crippen LogP contribution is -2.34. The van der Waals surface area contributed by atoms with Crippen molar-refractivity contribution in [2.75, 3.05) is 31.3 Å². The summed E-state index contributed by atoms with van der Waals surface area (Å²) in [6.45, 7) is 2.44. The number of rotatable bonds is 8. The fourth-order valence-electron chi connectivity index (χ4n) is 2.98. The van der Waals surface area contributed by atoms with E-state index in [2.05, 4.69) is 16.5 Å². The number of amides is 1. The number of hydrogen-bond donors (Lipinski definition) is 1. The molecule has 6 nitrogen and oxygen atoms in total. The van der Waals surface area contributed by atoms with Crippen LogP contribution in [0.2, 0.25) is 4.34 Å². The minimum absolute atomic E-state index is 0.0972. The van der Waals surface area contributed by atoms with Gasteiger partial charge in [-0.25, -0.2) is 8.42 Å². The zero-order valence-electron chi connectivity index (χ0n) is 16.6. The topological polar surface area (TPSA) is 69.7 Å². The van der Waals surface area contributed by atoms with Crippen LogP contribution >= 0.6 is 22.9 Å². The van der Waals surface area contributed by atoms with Crippen molar-refractivity contribution in [1.29, 1.82) is 0 Å². The highest BCUT2D eigenvalue weighted by molar-refractivity contribution is 7.89. The number of anilines is 1. The second-order valence-corrected chi connectivity index (χ2v) is 10.8. The summed E-state index contributed by atoms with van der Waals surface area (Å²) in [5.74, 6) is -0.452. The Kier molecular flexibility index (Phi) is 6.68. The van der Waals surface area contributed by atoms with E-state index in [1.54, 1.807) is 17.0 Å². The van der Waals surface area contributed by atoms with Crippen LogP contribution in [-0.4, -0.2) is 45.6 Å². The molecule has 1 aliphatic heterocycles. The van der Waals surface area contributed by atoms with Gasteiger partial charge in [-0.2, -0.15) is 0 Å². The Morgan fingerprint density at radius 2 is 1.90 bits per heavy atom. The molecule has 0 radical (unpaired) electrons. The van der Waals surface area contributed by atoms with Crippen LogP contribution in [0.4, 0.5) is 5.69 Å². The SMILES string of the molecule is C[C@H](c1ccc(N2CC=C(NS(=O)(=O)CCc3ccc(Cl)s3)C2=O)cc1)N(C)C. The molecule has 1 amide bonds. The van der Waals surface area contributed by atoms with Crippen LogP contribution in [0.15, 0.2) is 48.2 Å². The lowest BCUT2D eigenvalue weighted by Gasteiger charge is -2.22. The number of carbonyl (C=O) groups excluding carboxylic acids is 1. The highest BCUT2D eigenvalue weighted by Gasteiger charge is 2.28. The van der Waals surface area contributed by atoms with Gasteiger partial charge >= 0.3 is 0 Å². The number of thiophene rings is 1. The Bertz CT molecular complexity index is 1010. The largest absolute Gasteiger partial charge is 0.303 e. The lowest BCUT2D eigenvalue weighted by atomic mass is 10.1. The summed E-state index contributed by atoms with van der Waals surface area (Å²) in [7, 11) is 0.396. The second-order valence-electron chi connectivity index (χ2n) is 7.14. The van der Waals surface area contributed by atoms with Crippen LogP contribution in [0.5, 0.6) is 0 Å². The van der Waals surface area contributed by atoms with E-state index in [0.717, 1.165) is 16.1 Å². The van der Waals surface area contributed by atoms with Crippen LogP contribution in [0.3, 0.4) is 0 Å². The molecule has 2 heterocycles. The predicted molar refractivity (Wildman–Crippen MR) is 119 cm³/mol. The van der Waals surface area contributed by atoms with Crippen molar-refractivity contribution in [1.82, 2.24) is 9.62 Å². The van der Waals surface area contributed by atoms with Crippen LogP contribution in [-0.2, 0) is 21.2 Å². The highest BCUT2D eigenvalue weighted by Crippen LogP contribution is 2.25. The first-order valence-corrected chi connectivity index (χ1v) is 12.0. The number of carbonyl (C=O) groups is 1. The monoisotopic (exact) mass is 453 g/mol. The standard InChI is InChI=1S/C20H24ClN3O3S2/c1-14(23(2)3)15-4-6-16(7-5-15)24-12-10-18(20(24)25)22-29(26,27)13-11-17-8-9-19(21)28-17/h4-10,14,22H,11-13H2,1-3H3/t14-/m1/s1. The van der Waals surface area contributed by atoms with E-state index in [1.165, 1.54) is 11.3 Å². The summed E-state index contributed by atoms with van der Waals surface area (Å²) >= 11 is 7.23. The third kappa shape index (κ3) is 5.39. The second kappa shape index (κ2) is 8.87. The molecule has 9 heteroatoms. The normalized spacial score (nSPS) is 15.7. The first-order valence-electron chi connectivity index (χ1n) is 9.19. The van der Waals surface area contributed by atoms with Crippen molar-refractivity contribution < 1.29 is 13.2 Å². The van der Waals surface area contributed by atoms with Crippen molar-refractivity contribution in [2.45, 2.75) is 19.4 Å². The van der Waals surface area contributed by atoms with E-state index >= 15 is 0 Å². The summed E-state index contributed by atoms with van der Waals surface area (Å²) in [4.78, 5) is 17.2. The first-order chi connectivity index (χ1) is 13.7. The van der Waals surface area contributed by atoms with Crippen molar-refractivity contribution in [3.8, 4) is 0 Å². The minimum atomic E-state index is -3.63. The van der Waals surface area contributed by atoms with E-state index in [-0.39, 0.29) is 23.4 Å². The number of benzene rings is 1. The number of sulfonamides is 1. The molecular formula is C20H24ClN3O3S2.